The zero-order chi connectivity index (χ0) is 14.8. The highest BCUT2D eigenvalue weighted by atomic mass is 79.9. The summed E-state index contributed by atoms with van der Waals surface area (Å²) in [4.78, 5) is 0. The lowest BCUT2D eigenvalue weighted by atomic mass is 10.1. The lowest BCUT2D eigenvalue weighted by molar-refractivity contribution is 0.495. The second kappa shape index (κ2) is 6.32. The van der Waals surface area contributed by atoms with E-state index in [4.69, 9.17) is 0 Å². The highest BCUT2D eigenvalue weighted by Crippen LogP contribution is 2.41. The summed E-state index contributed by atoms with van der Waals surface area (Å²) < 4.78 is 16.8. The van der Waals surface area contributed by atoms with Gasteiger partial charge in [-0.05, 0) is 55.1 Å². The Morgan fingerprint density at radius 1 is 1.38 bits per heavy atom. The molecule has 21 heavy (non-hydrogen) atoms. The molecular formula is C17H20BrFN2. The zero-order valence-corrected chi connectivity index (χ0v) is 13.7. The number of rotatable bonds is 6. The van der Waals surface area contributed by atoms with Crippen LogP contribution < -0.4 is 5.32 Å². The average Bonchev–Trinajstić information content (AvgIpc) is 3.20. The minimum absolute atomic E-state index is 0.154. The molecule has 2 aromatic rings. The van der Waals surface area contributed by atoms with Gasteiger partial charge < -0.3 is 9.88 Å². The van der Waals surface area contributed by atoms with Gasteiger partial charge >= 0.3 is 0 Å². The molecule has 1 aromatic heterocycles. The maximum atomic E-state index is 13.8. The van der Waals surface area contributed by atoms with Gasteiger partial charge in [0.1, 0.15) is 5.82 Å². The lowest BCUT2D eigenvalue weighted by Gasteiger charge is -2.15. The molecule has 0 radical (unpaired) electrons. The Hall–Kier alpha value is -1.13. The standard InChI is InChI=1S/C17H20BrFN2/c1-2-20-17(12-3-4-12)13-7-8-21(10-13)11-14-9-15(18)5-6-16(14)19/h5-10,12,17,20H,2-4,11H2,1H3. The molecule has 1 atom stereocenters. The minimum Gasteiger partial charge on any atom is -0.349 e. The molecule has 1 heterocycles. The first-order valence-corrected chi connectivity index (χ1v) is 8.29. The molecule has 0 aliphatic heterocycles. The van der Waals surface area contributed by atoms with Gasteiger partial charge in [-0.2, -0.15) is 0 Å². The van der Waals surface area contributed by atoms with E-state index >= 15 is 0 Å². The van der Waals surface area contributed by atoms with Crippen LogP contribution in [0, 0.1) is 11.7 Å². The first kappa shape index (κ1) is 14.8. The smallest absolute Gasteiger partial charge is 0.128 e. The van der Waals surface area contributed by atoms with Crippen LogP contribution in [-0.2, 0) is 6.54 Å². The van der Waals surface area contributed by atoms with Gasteiger partial charge in [-0.15, -0.1) is 0 Å². The molecule has 4 heteroatoms. The van der Waals surface area contributed by atoms with Crippen molar-refractivity contribution in [2.45, 2.75) is 32.4 Å². The summed E-state index contributed by atoms with van der Waals surface area (Å²) in [6.45, 7) is 3.69. The summed E-state index contributed by atoms with van der Waals surface area (Å²) in [5, 5.41) is 3.56. The maximum Gasteiger partial charge on any atom is 0.128 e. The van der Waals surface area contributed by atoms with E-state index in [1.807, 2.05) is 12.3 Å². The largest absolute Gasteiger partial charge is 0.349 e. The van der Waals surface area contributed by atoms with Crippen molar-refractivity contribution < 1.29 is 4.39 Å². The Balaban J connectivity index is 1.76. The number of halogens is 2. The maximum absolute atomic E-state index is 13.8. The van der Waals surface area contributed by atoms with Crippen molar-refractivity contribution in [2.24, 2.45) is 5.92 Å². The highest BCUT2D eigenvalue weighted by molar-refractivity contribution is 9.10. The van der Waals surface area contributed by atoms with Crippen LogP contribution in [-0.4, -0.2) is 11.1 Å². The van der Waals surface area contributed by atoms with E-state index in [0.29, 0.717) is 18.2 Å². The minimum atomic E-state index is -0.154. The predicted octanol–water partition coefficient (Wildman–Crippen LogP) is 4.50. The zero-order valence-electron chi connectivity index (χ0n) is 12.2. The molecule has 0 amide bonds. The number of hydrogen-bond donors (Lipinski definition) is 1. The third-order valence-corrected chi connectivity index (χ3v) is 4.50. The van der Waals surface area contributed by atoms with Crippen molar-refractivity contribution in [2.75, 3.05) is 6.54 Å². The number of benzene rings is 1. The van der Waals surface area contributed by atoms with Gasteiger partial charge in [0.15, 0.2) is 0 Å². The molecule has 1 aliphatic carbocycles. The van der Waals surface area contributed by atoms with Gasteiger partial charge in [0, 0.05) is 35.0 Å². The van der Waals surface area contributed by atoms with E-state index in [-0.39, 0.29) is 5.82 Å². The van der Waals surface area contributed by atoms with Gasteiger partial charge in [-0.3, -0.25) is 0 Å². The van der Waals surface area contributed by atoms with Crippen LogP contribution in [0.1, 0.15) is 36.9 Å². The van der Waals surface area contributed by atoms with Crippen molar-refractivity contribution in [1.82, 2.24) is 9.88 Å². The van der Waals surface area contributed by atoms with Crippen LogP contribution in [0.25, 0.3) is 0 Å². The first-order chi connectivity index (χ1) is 10.2. The molecule has 3 rings (SSSR count). The Kier molecular flexibility index (Phi) is 4.45. The van der Waals surface area contributed by atoms with E-state index in [1.54, 1.807) is 6.07 Å². The number of nitrogens with zero attached hydrogens (tertiary/aromatic N) is 1. The number of hydrogen-bond acceptors (Lipinski definition) is 1. The molecule has 112 valence electrons. The lowest BCUT2D eigenvalue weighted by Crippen LogP contribution is -2.22. The van der Waals surface area contributed by atoms with Crippen LogP contribution in [0.15, 0.2) is 41.1 Å². The first-order valence-electron chi connectivity index (χ1n) is 7.50. The molecule has 0 saturated heterocycles. The number of aromatic nitrogens is 1. The Bertz CT molecular complexity index is 619. The third-order valence-electron chi connectivity index (χ3n) is 4.01. The van der Waals surface area contributed by atoms with E-state index in [9.17, 15) is 4.39 Å². The second-order valence-corrected chi connectivity index (χ2v) is 6.64. The van der Waals surface area contributed by atoms with Gasteiger partial charge in [0.05, 0.1) is 0 Å². The second-order valence-electron chi connectivity index (χ2n) is 5.73. The molecule has 0 bridgehead atoms. The Morgan fingerprint density at radius 3 is 2.90 bits per heavy atom. The van der Waals surface area contributed by atoms with Crippen LogP contribution >= 0.6 is 15.9 Å². The van der Waals surface area contributed by atoms with Crippen LogP contribution in [0.5, 0.6) is 0 Å². The van der Waals surface area contributed by atoms with Gasteiger partial charge in [-0.1, -0.05) is 22.9 Å². The Morgan fingerprint density at radius 2 is 2.19 bits per heavy atom. The molecule has 2 nitrogen and oxygen atoms in total. The molecule has 1 unspecified atom stereocenters. The van der Waals surface area contributed by atoms with Gasteiger partial charge in [0.25, 0.3) is 0 Å². The van der Waals surface area contributed by atoms with Crippen LogP contribution in [0.4, 0.5) is 4.39 Å². The van der Waals surface area contributed by atoms with Crippen molar-refractivity contribution >= 4 is 15.9 Å². The van der Waals surface area contributed by atoms with Crippen LogP contribution in [0.2, 0.25) is 0 Å². The normalized spacial score (nSPS) is 16.1. The molecule has 1 aromatic carbocycles. The van der Waals surface area contributed by atoms with Gasteiger partial charge in [0.2, 0.25) is 0 Å². The average molecular weight is 351 g/mol. The fourth-order valence-corrected chi connectivity index (χ4v) is 3.22. The van der Waals surface area contributed by atoms with Crippen molar-refractivity contribution in [3.8, 4) is 0 Å². The van der Waals surface area contributed by atoms with Crippen molar-refractivity contribution in [3.05, 3.63) is 58.1 Å². The summed E-state index contributed by atoms with van der Waals surface area (Å²) >= 11 is 3.40. The van der Waals surface area contributed by atoms with Crippen molar-refractivity contribution in [1.29, 1.82) is 0 Å². The SMILES string of the molecule is CCNC(c1ccn(Cc2cc(Br)ccc2F)c1)C1CC1. The molecule has 1 aliphatic rings. The molecule has 1 N–H and O–H groups in total. The molecule has 1 saturated carbocycles. The quantitative estimate of drug-likeness (QED) is 0.811. The number of nitrogens with one attached hydrogen (secondary N) is 1. The fraction of sp³-hybridized carbons (Fsp3) is 0.412. The highest BCUT2D eigenvalue weighted by Gasteiger charge is 2.32. The predicted molar refractivity (Wildman–Crippen MR) is 86.8 cm³/mol. The van der Waals surface area contributed by atoms with E-state index in [2.05, 4.69) is 45.0 Å². The van der Waals surface area contributed by atoms with E-state index in [1.165, 1.54) is 24.5 Å². The molecule has 0 spiro atoms. The van der Waals surface area contributed by atoms with Crippen molar-refractivity contribution in [3.63, 3.8) is 0 Å². The summed E-state index contributed by atoms with van der Waals surface area (Å²) in [7, 11) is 0. The molecule has 1 fully saturated rings. The Labute approximate surface area is 133 Å². The summed E-state index contributed by atoms with van der Waals surface area (Å²) in [6, 6.07) is 7.69. The summed E-state index contributed by atoms with van der Waals surface area (Å²) in [5.74, 6) is 0.613. The topological polar surface area (TPSA) is 17.0 Å². The van der Waals surface area contributed by atoms with Gasteiger partial charge in [-0.25, -0.2) is 4.39 Å². The molecular weight excluding hydrogens is 331 g/mol. The fourth-order valence-electron chi connectivity index (χ4n) is 2.81. The van der Waals surface area contributed by atoms with E-state index in [0.717, 1.165) is 16.9 Å². The van der Waals surface area contributed by atoms with Crippen LogP contribution in [0.3, 0.4) is 0 Å². The third kappa shape index (κ3) is 3.55. The summed E-state index contributed by atoms with van der Waals surface area (Å²) in [5.41, 5.74) is 2.02. The van der Waals surface area contributed by atoms with E-state index < -0.39 is 0 Å². The monoisotopic (exact) mass is 350 g/mol. The summed E-state index contributed by atoms with van der Waals surface area (Å²) in [6.07, 6.45) is 6.81.